The Kier molecular flexibility index (Phi) is 13.8. The highest BCUT2D eigenvalue weighted by atomic mass is 127. The predicted octanol–water partition coefficient (Wildman–Crippen LogP) is 3.26. The van der Waals surface area contributed by atoms with Crippen LogP contribution in [-0.2, 0) is 0 Å². The molecule has 0 aliphatic heterocycles. The molecular weight excluding hydrogens is 443 g/mol. The molecular formula is C19H33IN4O2. The van der Waals surface area contributed by atoms with Gasteiger partial charge < -0.3 is 21.1 Å². The summed E-state index contributed by atoms with van der Waals surface area (Å²) in [7, 11) is 0. The molecule has 0 fully saturated rings. The van der Waals surface area contributed by atoms with E-state index >= 15 is 0 Å². The summed E-state index contributed by atoms with van der Waals surface area (Å²) in [6, 6.07) is 6.56. The number of carbonyl (C=O) groups is 1. The van der Waals surface area contributed by atoms with E-state index in [-0.39, 0.29) is 35.6 Å². The maximum atomic E-state index is 12.0. The summed E-state index contributed by atoms with van der Waals surface area (Å²) < 4.78 is 0. The largest absolute Gasteiger partial charge is 0.508 e. The third-order valence-electron chi connectivity index (χ3n) is 3.76. The Labute approximate surface area is 174 Å². The van der Waals surface area contributed by atoms with Gasteiger partial charge in [0.25, 0.3) is 5.91 Å². The third kappa shape index (κ3) is 10.5. The summed E-state index contributed by atoms with van der Waals surface area (Å²) in [5, 5.41) is 18.7. The molecule has 0 spiro atoms. The number of amides is 1. The number of unbranched alkanes of at least 4 members (excludes halogenated alkanes) is 2. The maximum absolute atomic E-state index is 12.0. The minimum atomic E-state index is -0.166. The van der Waals surface area contributed by atoms with E-state index in [9.17, 15) is 9.90 Å². The Balaban J connectivity index is 0.00000625. The van der Waals surface area contributed by atoms with Crippen molar-refractivity contribution in [1.82, 2.24) is 16.0 Å². The molecule has 0 saturated heterocycles. The number of nitrogens with zero attached hydrogens (tertiary/aromatic N) is 1. The minimum Gasteiger partial charge on any atom is -0.508 e. The number of hydrogen-bond acceptors (Lipinski definition) is 3. The molecule has 6 nitrogen and oxygen atoms in total. The lowest BCUT2D eigenvalue weighted by atomic mass is 10.1. The first-order valence-electron chi connectivity index (χ1n) is 9.18. The normalized spacial score (nSPS) is 12.0. The molecule has 0 radical (unpaired) electrons. The van der Waals surface area contributed by atoms with Gasteiger partial charge in [0, 0.05) is 24.7 Å². The molecule has 1 unspecified atom stereocenters. The molecule has 0 saturated carbocycles. The highest BCUT2D eigenvalue weighted by Gasteiger charge is 2.06. The molecule has 26 heavy (non-hydrogen) atoms. The van der Waals surface area contributed by atoms with Crippen LogP contribution in [0, 0.1) is 0 Å². The first kappa shape index (κ1) is 24.5. The van der Waals surface area contributed by atoms with Crippen molar-refractivity contribution < 1.29 is 9.90 Å². The number of carbonyl (C=O) groups excluding carboxylic acids is 1. The number of phenols is 1. The first-order valence-corrected chi connectivity index (χ1v) is 9.18. The number of hydrogen-bond donors (Lipinski definition) is 4. The summed E-state index contributed by atoms with van der Waals surface area (Å²) in [6.07, 6.45) is 4.81. The quantitative estimate of drug-likeness (QED) is 0.181. The molecule has 0 aliphatic rings. The van der Waals surface area contributed by atoms with E-state index in [0.717, 1.165) is 18.9 Å². The molecule has 0 bridgehead atoms. The van der Waals surface area contributed by atoms with Crippen LogP contribution in [0.2, 0.25) is 0 Å². The highest BCUT2D eigenvalue weighted by Crippen LogP contribution is 2.09. The lowest BCUT2D eigenvalue weighted by molar-refractivity contribution is 0.0955. The van der Waals surface area contributed by atoms with Crippen LogP contribution >= 0.6 is 24.0 Å². The van der Waals surface area contributed by atoms with E-state index in [1.54, 1.807) is 12.1 Å². The van der Waals surface area contributed by atoms with Gasteiger partial charge in [0.2, 0.25) is 0 Å². The summed E-state index contributed by atoms with van der Waals surface area (Å²) >= 11 is 0. The monoisotopic (exact) mass is 476 g/mol. The molecule has 0 aliphatic carbocycles. The van der Waals surface area contributed by atoms with Crippen molar-refractivity contribution in [3.63, 3.8) is 0 Å². The summed E-state index contributed by atoms with van der Waals surface area (Å²) in [6.45, 7) is 8.16. The molecule has 1 aromatic carbocycles. The molecule has 1 rings (SSSR count). The SMILES string of the molecule is CCCCCC(C)NC(=NCCNC(=O)c1ccc(O)cc1)NCC.I. The lowest BCUT2D eigenvalue weighted by Gasteiger charge is -2.17. The fourth-order valence-electron chi connectivity index (χ4n) is 2.38. The van der Waals surface area contributed by atoms with Crippen molar-refractivity contribution in [3.05, 3.63) is 29.8 Å². The summed E-state index contributed by atoms with van der Waals surface area (Å²) in [5.41, 5.74) is 0.524. The van der Waals surface area contributed by atoms with E-state index < -0.39 is 0 Å². The number of aliphatic imine (C=N–C) groups is 1. The lowest BCUT2D eigenvalue weighted by Crippen LogP contribution is -2.42. The zero-order valence-corrected chi connectivity index (χ0v) is 18.4. The van der Waals surface area contributed by atoms with E-state index in [1.807, 2.05) is 6.92 Å². The van der Waals surface area contributed by atoms with Gasteiger partial charge in [-0.2, -0.15) is 0 Å². The Hall–Kier alpha value is -1.51. The number of rotatable bonds is 10. The van der Waals surface area contributed by atoms with Gasteiger partial charge in [0.05, 0.1) is 6.54 Å². The second-order valence-electron chi connectivity index (χ2n) is 6.10. The summed E-state index contributed by atoms with van der Waals surface area (Å²) in [5.74, 6) is 0.766. The smallest absolute Gasteiger partial charge is 0.251 e. The number of benzene rings is 1. The third-order valence-corrected chi connectivity index (χ3v) is 3.76. The number of nitrogens with one attached hydrogen (secondary N) is 3. The van der Waals surface area contributed by atoms with Crippen LogP contribution in [0.5, 0.6) is 5.75 Å². The number of halogens is 1. The van der Waals surface area contributed by atoms with Gasteiger partial charge >= 0.3 is 0 Å². The Morgan fingerprint density at radius 2 is 1.85 bits per heavy atom. The van der Waals surface area contributed by atoms with Gasteiger partial charge in [-0.15, -0.1) is 24.0 Å². The zero-order valence-electron chi connectivity index (χ0n) is 16.0. The van der Waals surface area contributed by atoms with Crippen molar-refractivity contribution in [2.24, 2.45) is 4.99 Å². The van der Waals surface area contributed by atoms with Crippen LogP contribution in [0.4, 0.5) is 0 Å². The van der Waals surface area contributed by atoms with Gasteiger partial charge in [-0.05, 0) is 44.5 Å². The average Bonchev–Trinajstić information content (AvgIpc) is 2.59. The average molecular weight is 476 g/mol. The molecule has 1 aromatic rings. The van der Waals surface area contributed by atoms with Crippen LogP contribution in [-0.4, -0.2) is 42.6 Å². The zero-order chi connectivity index (χ0) is 18.5. The Morgan fingerprint density at radius 3 is 2.46 bits per heavy atom. The number of guanidine groups is 1. The van der Waals surface area contributed by atoms with Crippen LogP contribution < -0.4 is 16.0 Å². The second-order valence-corrected chi connectivity index (χ2v) is 6.10. The minimum absolute atomic E-state index is 0. The Morgan fingerprint density at radius 1 is 1.15 bits per heavy atom. The van der Waals surface area contributed by atoms with Gasteiger partial charge in [0.15, 0.2) is 5.96 Å². The van der Waals surface area contributed by atoms with Crippen molar-refractivity contribution in [3.8, 4) is 5.75 Å². The predicted molar refractivity (Wildman–Crippen MR) is 119 cm³/mol. The van der Waals surface area contributed by atoms with Crippen LogP contribution in [0.3, 0.4) is 0 Å². The second kappa shape index (κ2) is 14.6. The van der Waals surface area contributed by atoms with E-state index in [4.69, 9.17) is 0 Å². The highest BCUT2D eigenvalue weighted by molar-refractivity contribution is 14.0. The molecule has 7 heteroatoms. The molecule has 148 valence electrons. The Bertz CT molecular complexity index is 535. The molecule has 0 heterocycles. The van der Waals surface area contributed by atoms with Crippen LogP contribution in [0.15, 0.2) is 29.3 Å². The van der Waals surface area contributed by atoms with Crippen LogP contribution in [0.1, 0.15) is 56.8 Å². The fourth-order valence-corrected chi connectivity index (χ4v) is 2.38. The van der Waals surface area contributed by atoms with Crippen molar-refractivity contribution in [1.29, 1.82) is 0 Å². The van der Waals surface area contributed by atoms with Crippen molar-refractivity contribution >= 4 is 35.8 Å². The van der Waals surface area contributed by atoms with Crippen molar-refractivity contribution in [2.75, 3.05) is 19.6 Å². The molecule has 4 N–H and O–H groups in total. The maximum Gasteiger partial charge on any atom is 0.251 e. The first-order chi connectivity index (χ1) is 12.1. The van der Waals surface area contributed by atoms with E-state index in [0.29, 0.717) is 24.7 Å². The van der Waals surface area contributed by atoms with Gasteiger partial charge in [-0.3, -0.25) is 9.79 Å². The van der Waals surface area contributed by atoms with Crippen LogP contribution in [0.25, 0.3) is 0 Å². The standard InChI is InChI=1S/C19H32N4O2.HI/c1-4-6-7-8-15(3)23-19(20-5-2)22-14-13-21-18(25)16-9-11-17(24)12-10-16;/h9-12,15,24H,4-8,13-14H2,1-3H3,(H,21,25)(H2,20,22,23);1H. The van der Waals surface area contributed by atoms with Crippen molar-refractivity contribution in [2.45, 2.75) is 52.5 Å². The van der Waals surface area contributed by atoms with Gasteiger partial charge in [-0.25, -0.2) is 0 Å². The summed E-state index contributed by atoms with van der Waals surface area (Å²) in [4.78, 5) is 16.5. The fraction of sp³-hybridized carbons (Fsp3) is 0.579. The van der Waals surface area contributed by atoms with Gasteiger partial charge in [-0.1, -0.05) is 26.2 Å². The van der Waals surface area contributed by atoms with E-state index in [1.165, 1.54) is 31.4 Å². The van der Waals surface area contributed by atoms with Gasteiger partial charge in [0.1, 0.15) is 5.75 Å². The number of aromatic hydroxyl groups is 1. The number of phenolic OH excluding ortho intramolecular Hbond substituents is 1. The topological polar surface area (TPSA) is 85.8 Å². The van der Waals surface area contributed by atoms with E-state index in [2.05, 4.69) is 34.8 Å². The molecule has 0 aromatic heterocycles. The molecule has 1 atom stereocenters. The molecule has 1 amide bonds.